The van der Waals surface area contributed by atoms with Crippen molar-refractivity contribution in [2.75, 3.05) is 0 Å². The summed E-state index contributed by atoms with van der Waals surface area (Å²) < 4.78 is 0. The average Bonchev–Trinajstić information content (AvgIpc) is 2.38. The maximum Gasteiger partial charge on any atom is 0.242 e. The third-order valence-electron chi connectivity index (χ3n) is 2.56. The van der Waals surface area contributed by atoms with Crippen molar-refractivity contribution in [3.63, 3.8) is 0 Å². The molecule has 20 heavy (non-hydrogen) atoms. The number of thiocarbonyl (C=S) groups is 1. The molecule has 1 aliphatic rings. The topological polar surface area (TPSA) is 73.2 Å². The van der Waals surface area contributed by atoms with Crippen molar-refractivity contribution in [1.29, 1.82) is 5.26 Å². The molecule has 2 rings (SSSR count). The normalized spacial score (nSPS) is 15.9. The lowest BCUT2D eigenvalue weighted by molar-refractivity contribution is -0.133. The SMILES string of the molecule is N#C/C(=C\N1C(=O)CC(=O)NC1=S)c1cccc(Cl)c1. The van der Waals surface area contributed by atoms with Crippen LogP contribution >= 0.6 is 23.8 Å². The molecule has 0 spiro atoms. The Morgan fingerprint density at radius 1 is 1.50 bits per heavy atom. The van der Waals surface area contributed by atoms with E-state index in [0.717, 1.165) is 4.90 Å². The minimum atomic E-state index is -0.478. The van der Waals surface area contributed by atoms with Crippen LogP contribution in [0.15, 0.2) is 30.5 Å². The second-order valence-corrected chi connectivity index (χ2v) is 4.78. The molecular formula is C13H8ClN3O2S. The molecule has 1 N–H and O–H groups in total. The average molecular weight is 306 g/mol. The monoisotopic (exact) mass is 305 g/mol. The van der Waals surface area contributed by atoms with Gasteiger partial charge >= 0.3 is 0 Å². The largest absolute Gasteiger partial charge is 0.302 e. The molecule has 100 valence electrons. The molecule has 5 nitrogen and oxygen atoms in total. The van der Waals surface area contributed by atoms with Gasteiger partial charge in [0.25, 0.3) is 0 Å². The van der Waals surface area contributed by atoms with Crippen molar-refractivity contribution in [2.45, 2.75) is 6.42 Å². The first-order valence-corrected chi connectivity index (χ1v) is 6.33. The lowest BCUT2D eigenvalue weighted by atomic mass is 10.1. The van der Waals surface area contributed by atoms with E-state index in [2.05, 4.69) is 5.32 Å². The molecule has 7 heteroatoms. The molecule has 0 saturated carbocycles. The number of halogens is 1. The molecule has 0 aliphatic carbocycles. The molecule has 1 fully saturated rings. The summed E-state index contributed by atoms with van der Waals surface area (Å²) in [5, 5.41) is 12.0. The van der Waals surface area contributed by atoms with Gasteiger partial charge in [-0.3, -0.25) is 14.5 Å². The Hall–Kier alpha value is -2.23. The zero-order valence-corrected chi connectivity index (χ0v) is 11.7. The molecule has 0 bridgehead atoms. The fourth-order valence-corrected chi connectivity index (χ4v) is 2.10. The number of nitrogens with one attached hydrogen (secondary N) is 1. The number of carbonyl (C=O) groups is 2. The van der Waals surface area contributed by atoms with Crippen LogP contribution in [-0.2, 0) is 9.59 Å². The summed E-state index contributed by atoms with van der Waals surface area (Å²) in [6, 6.07) is 8.65. The number of nitrogens with zero attached hydrogens (tertiary/aromatic N) is 2. The van der Waals surface area contributed by atoms with Crippen LogP contribution in [0.25, 0.3) is 5.57 Å². The van der Waals surface area contributed by atoms with Crippen molar-refractivity contribution < 1.29 is 9.59 Å². The summed E-state index contributed by atoms with van der Waals surface area (Å²) >= 11 is 10.8. The van der Waals surface area contributed by atoms with Gasteiger partial charge in [0.15, 0.2) is 5.11 Å². The van der Waals surface area contributed by atoms with E-state index >= 15 is 0 Å². The molecule has 1 aromatic rings. The highest BCUT2D eigenvalue weighted by atomic mass is 35.5. The summed E-state index contributed by atoms with van der Waals surface area (Å²) in [6.07, 6.45) is 1.00. The van der Waals surface area contributed by atoms with Gasteiger partial charge in [-0.15, -0.1) is 0 Å². The molecule has 1 heterocycles. The van der Waals surface area contributed by atoms with E-state index in [9.17, 15) is 14.9 Å². The minimum Gasteiger partial charge on any atom is -0.302 e. The number of carbonyl (C=O) groups excluding carboxylic acids is 2. The maximum atomic E-state index is 11.8. The predicted octanol–water partition coefficient (Wildman–Crippen LogP) is 1.84. The van der Waals surface area contributed by atoms with Gasteiger partial charge in [0.2, 0.25) is 11.8 Å². The van der Waals surface area contributed by atoms with Crippen molar-refractivity contribution >= 4 is 46.3 Å². The molecule has 0 atom stereocenters. The first kappa shape index (κ1) is 14.2. The van der Waals surface area contributed by atoms with Crippen LogP contribution in [0, 0.1) is 11.3 Å². The second kappa shape index (κ2) is 5.82. The van der Waals surface area contributed by atoms with Crippen molar-refractivity contribution in [1.82, 2.24) is 10.2 Å². The van der Waals surface area contributed by atoms with Crippen LogP contribution < -0.4 is 5.32 Å². The van der Waals surface area contributed by atoms with Crippen molar-refractivity contribution in [3.05, 3.63) is 41.1 Å². The number of hydrogen-bond acceptors (Lipinski definition) is 4. The molecule has 1 saturated heterocycles. The second-order valence-electron chi connectivity index (χ2n) is 3.96. The van der Waals surface area contributed by atoms with Gasteiger partial charge < -0.3 is 5.32 Å². The Balaban J connectivity index is 2.37. The van der Waals surface area contributed by atoms with Crippen molar-refractivity contribution in [2.24, 2.45) is 0 Å². The van der Waals surface area contributed by atoms with E-state index in [0.29, 0.717) is 10.6 Å². The summed E-state index contributed by atoms with van der Waals surface area (Å²) in [6.45, 7) is 0. The summed E-state index contributed by atoms with van der Waals surface area (Å²) in [5.74, 6) is -0.931. The number of amides is 2. The zero-order chi connectivity index (χ0) is 14.7. The van der Waals surface area contributed by atoms with E-state index in [1.807, 2.05) is 6.07 Å². The Morgan fingerprint density at radius 2 is 2.25 bits per heavy atom. The van der Waals surface area contributed by atoms with Crippen LogP contribution in [0.2, 0.25) is 5.02 Å². The van der Waals surface area contributed by atoms with E-state index in [1.165, 1.54) is 6.20 Å². The Bertz CT molecular complexity index is 658. The highest BCUT2D eigenvalue weighted by Gasteiger charge is 2.27. The molecule has 0 radical (unpaired) electrons. The summed E-state index contributed by atoms with van der Waals surface area (Å²) in [7, 11) is 0. The predicted molar refractivity (Wildman–Crippen MR) is 77.2 cm³/mol. The van der Waals surface area contributed by atoms with Gasteiger partial charge in [0.1, 0.15) is 12.5 Å². The van der Waals surface area contributed by atoms with Crippen LogP contribution in [0.1, 0.15) is 12.0 Å². The fourth-order valence-electron chi connectivity index (χ4n) is 1.64. The lowest BCUT2D eigenvalue weighted by Gasteiger charge is -2.24. The number of rotatable bonds is 2. The van der Waals surface area contributed by atoms with E-state index < -0.39 is 11.8 Å². The number of allylic oxidation sites excluding steroid dienone is 1. The smallest absolute Gasteiger partial charge is 0.242 e. The maximum absolute atomic E-state index is 11.8. The summed E-state index contributed by atoms with van der Waals surface area (Å²) in [5.41, 5.74) is 0.784. The van der Waals surface area contributed by atoms with E-state index in [4.69, 9.17) is 23.8 Å². The molecule has 0 aromatic heterocycles. The molecule has 1 aliphatic heterocycles. The quantitative estimate of drug-likeness (QED) is 0.514. The summed E-state index contributed by atoms with van der Waals surface area (Å²) in [4.78, 5) is 24.0. The van der Waals surface area contributed by atoms with Crippen LogP contribution in [0.4, 0.5) is 0 Å². The lowest BCUT2D eigenvalue weighted by Crippen LogP contribution is -2.50. The van der Waals surface area contributed by atoms with Crippen LogP contribution in [-0.4, -0.2) is 21.8 Å². The Morgan fingerprint density at radius 3 is 2.85 bits per heavy atom. The van der Waals surface area contributed by atoms with Gasteiger partial charge in [-0.2, -0.15) is 5.26 Å². The first-order valence-electron chi connectivity index (χ1n) is 5.55. The van der Waals surface area contributed by atoms with Crippen LogP contribution in [0.3, 0.4) is 0 Å². The van der Waals surface area contributed by atoms with Gasteiger partial charge in [-0.25, -0.2) is 0 Å². The Kier molecular flexibility index (Phi) is 4.13. The standard InChI is InChI=1S/C13H8ClN3O2S/c14-10-3-1-2-8(4-10)9(6-15)7-17-12(19)5-11(18)16-13(17)20/h1-4,7H,5H2,(H,16,18,20)/b9-7+. The van der Waals surface area contributed by atoms with Gasteiger partial charge in [0, 0.05) is 11.2 Å². The van der Waals surface area contributed by atoms with Crippen LogP contribution in [0.5, 0.6) is 0 Å². The van der Waals surface area contributed by atoms with E-state index in [1.54, 1.807) is 24.3 Å². The molecule has 1 aromatic carbocycles. The number of hydrogen-bond donors (Lipinski definition) is 1. The first-order chi connectivity index (χ1) is 9.51. The molecule has 0 unspecified atom stereocenters. The van der Waals surface area contributed by atoms with Gasteiger partial charge in [-0.1, -0.05) is 23.7 Å². The third-order valence-corrected chi connectivity index (χ3v) is 3.09. The molecular weight excluding hydrogens is 298 g/mol. The number of benzene rings is 1. The minimum absolute atomic E-state index is 0.0407. The highest BCUT2D eigenvalue weighted by Crippen LogP contribution is 2.19. The van der Waals surface area contributed by atoms with E-state index in [-0.39, 0.29) is 17.1 Å². The zero-order valence-electron chi connectivity index (χ0n) is 10.1. The van der Waals surface area contributed by atoms with Gasteiger partial charge in [0.05, 0.1) is 5.57 Å². The Labute approximate surface area is 125 Å². The highest BCUT2D eigenvalue weighted by molar-refractivity contribution is 7.80. The third kappa shape index (κ3) is 3.02. The number of nitriles is 1. The van der Waals surface area contributed by atoms with Gasteiger partial charge in [-0.05, 0) is 29.9 Å². The molecule has 2 amide bonds. The fraction of sp³-hybridized carbons (Fsp3) is 0.0769. The van der Waals surface area contributed by atoms with Crippen molar-refractivity contribution in [3.8, 4) is 6.07 Å².